The first-order valence-corrected chi connectivity index (χ1v) is 5.67. The quantitative estimate of drug-likeness (QED) is 0.742. The van der Waals surface area contributed by atoms with Gasteiger partial charge in [-0.2, -0.15) is 0 Å². The van der Waals surface area contributed by atoms with E-state index < -0.39 is 0 Å². The van der Waals surface area contributed by atoms with Gasteiger partial charge < -0.3 is 15.2 Å². The molecule has 1 fully saturated rings. The van der Waals surface area contributed by atoms with Gasteiger partial charge in [-0.3, -0.25) is 0 Å². The normalized spacial score (nSPS) is 18.3. The molecule has 2 N–H and O–H groups in total. The van der Waals surface area contributed by atoms with Crippen LogP contribution in [0, 0.1) is 5.92 Å². The molecule has 1 aliphatic carbocycles. The summed E-state index contributed by atoms with van der Waals surface area (Å²) in [4.78, 5) is 6.42. The lowest BCUT2D eigenvalue weighted by Gasteiger charge is -2.26. The molecule has 84 valence electrons. The van der Waals surface area contributed by atoms with Crippen LogP contribution in [0.1, 0.15) is 12.8 Å². The number of nitrogens with zero attached hydrogens (tertiary/aromatic N) is 3. The highest BCUT2D eigenvalue weighted by molar-refractivity contribution is 4.88. The zero-order valence-electron chi connectivity index (χ0n) is 9.34. The first-order chi connectivity index (χ1) is 7.31. The lowest BCUT2D eigenvalue weighted by Crippen LogP contribution is -2.41. The fraction of sp³-hybridized carbons (Fsp3) is 0.727. The summed E-state index contributed by atoms with van der Waals surface area (Å²) in [5.74, 6) is 0.850. The molecule has 0 aliphatic heterocycles. The molecule has 4 heteroatoms. The number of hydrogen-bond donors (Lipinski definition) is 1. The standard InChI is InChI=1S/C11H20N4/c1-14(11(8-12)10-2-3-10)6-7-15-5-4-13-9-15/h4-5,9-11H,2-3,6-8,12H2,1H3. The van der Waals surface area contributed by atoms with Gasteiger partial charge in [-0.05, 0) is 25.8 Å². The Labute approximate surface area is 91.1 Å². The van der Waals surface area contributed by atoms with Gasteiger partial charge in [0.05, 0.1) is 6.33 Å². The summed E-state index contributed by atoms with van der Waals surface area (Å²) in [5, 5.41) is 0. The predicted molar refractivity (Wildman–Crippen MR) is 60.4 cm³/mol. The van der Waals surface area contributed by atoms with Crippen molar-refractivity contribution >= 4 is 0 Å². The van der Waals surface area contributed by atoms with Crippen LogP contribution in [0.2, 0.25) is 0 Å². The van der Waals surface area contributed by atoms with Gasteiger partial charge in [-0.1, -0.05) is 0 Å². The van der Waals surface area contributed by atoms with E-state index in [1.54, 1.807) is 0 Å². The van der Waals surface area contributed by atoms with E-state index in [9.17, 15) is 0 Å². The van der Waals surface area contributed by atoms with Crippen LogP contribution in [0.3, 0.4) is 0 Å². The van der Waals surface area contributed by atoms with Gasteiger partial charge >= 0.3 is 0 Å². The molecule has 1 saturated carbocycles. The van der Waals surface area contributed by atoms with Gasteiger partial charge in [0.15, 0.2) is 0 Å². The molecule has 1 heterocycles. The summed E-state index contributed by atoms with van der Waals surface area (Å²) in [6, 6.07) is 0.577. The molecule has 0 saturated heterocycles. The molecule has 2 rings (SSSR count). The van der Waals surface area contributed by atoms with Crippen molar-refractivity contribution in [3.05, 3.63) is 18.7 Å². The summed E-state index contributed by atoms with van der Waals surface area (Å²) in [7, 11) is 2.17. The second kappa shape index (κ2) is 4.77. The first kappa shape index (κ1) is 10.6. The topological polar surface area (TPSA) is 47.1 Å². The summed E-state index contributed by atoms with van der Waals surface area (Å²) < 4.78 is 2.11. The minimum atomic E-state index is 0.577. The third-order valence-electron chi connectivity index (χ3n) is 3.24. The Bertz CT molecular complexity index is 279. The smallest absolute Gasteiger partial charge is 0.0946 e. The van der Waals surface area contributed by atoms with Gasteiger partial charge in [0.1, 0.15) is 0 Å². The molecule has 0 spiro atoms. The van der Waals surface area contributed by atoms with Crippen molar-refractivity contribution in [3.63, 3.8) is 0 Å². The summed E-state index contributed by atoms with van der Waals surface area (Å²) in [6.07, 6.45) is 8.40. The van der Waals surface area contributed by atoms with E-state index in [2.05, 4.69) is 21.5 Å². The summed E-state index contributed by atoms with van der Waals surface area (Å²) in [5.41, 5.74) is 5.80. The van der Waals surface area contributed by atoms with Crippen LogP contribution < -0.4 is 5.73 Å². The number of aromatic nitrogens is 2. The van der Waals surface area contributed by atoms with E-state index in [0.29, 0.717) is 6.04 Å². The van der Waals surface area contributed by atoms with Gasteiger partial charge in [0.2, 0.25) is 0 Å². The maximum Gasteiger partial charge on any atom is 0.0946 e. The van der Waals surface area contributed by atoms with E-state index in [1.807, 2.05) is 18.7 Å². The molecule has 1 atom stereocenters. The highest BCUT2D eigenvalue weighted by Gasteiger charge is 2.32. The minimum Gasteiger partial charge on any atom is -0.336 e. The van der Waals surface area contributed by atoms with Crippen LogP contribution in [0.15, 0.2) is 18.7 Å². The molecule has 1 unspecified atom stereocenters. The van der Waals surface area contributed by atoms with Gasteiger partial charge in [-0.25, -0.2) is 4.98 Å². The van der Waals surface area contributed by atoms with Crippen molar-refractivity contribution in [3.8, 4) is 0 Å². The third-order valence-corrected chi connectivity index (χ3v) is 3.24. The molecule has 4 nitrogen and oxygen atoms in total. The van der Waals surface area contributed by atoms with E-state index in [1.165, 1.54) is 12.8 Å². The Morgan fingerprint density at radius 3 is 2.93 bits per heavy atom. The zero-order chi connectivity index (χ0) is 10.7. The lowest BCUT2D eigenvalue weighted by atomic mass is 10.1. The second-order valence-corrected chi connectivity index (χ2v) is 4.42. The monoisotopic (exact) mass is 208 g/mol. The number of likely N-dealkylation sites (N-methyl/N-ethyl adjacent to an activating group) is 1. The Balaban J connectivity index is 1.77. The van der Waals surface area contributed by atoms with Gasteiger partial charge in [0, 0.05) is 38.1 Å². The Hall–Kier alpha value is -0.870. The molecule has 0 amide bonds. The Morgan fingerprint density at radius 2 is 2.40 bits per heavy atom. The van der Waals surface area contributed by atoms with Crippen molar-refractivity contribution in [1.82, 2.24) is 14.5 Å². The van der Waals surface area contributed by atoms with Crippen LogP contribution in [0.25, 0.3) is 0 Å². The van der Waals surface area contributed by atoms with Crippen LogP contribution in [-0.4, -0.2) is 40.6 Å². The van der Waals surface area contributed by atoms with Crippen LogP contribution in [0.5, 0.6) is 0 Å². The maximum absolute atomic E-state index is 5.80. The molecular formula is C11H20N4. The molecule has 0 bridgehead atoms. The average Bonchev–Trinajstić information content (AvgIpc) is 2.93. The molecule has 1 aliphatic rings. The van der Waals surface area contributed by atoms with Crippen molar-refractivity contribution < 1.29 is 0 Å². The molecule has 15 heavy (non-hydrogen) atoms. The molecule has 1 aromatic heterocycles. The molecule has 1 aromatic rings. The number of nitrogens with two attached hydrogens (primary N) is 1. The zero-order valence-corrected chi connectivity index (χ0v) is 9.34. The van der Waals surface area contributed by atoms with E-state index in [0.717, 1.165) is 25.6 Å². The average molecular weight is 208 g/mol. The van der Waals surface area contributed by atoms with E-state index in [4.69, 9.17) is 5.73 Å². The van der Waals surface area contributed by atoms with Crippen molar-refractivity contribution in [2.75, 3.05) is 20.1 Å². The highest BCUT2D eigenvalue weighted by Crippen LogP contribution is 2.34. The van der Waals surface area contributed by atoms with Gasteiger partial charge in [-0.15, -0.1) is 0 Å². The molecule has 0 radical (unpaired) electrons. The number of imidazole rings is 1. The predicted octanol–water partition coefficient (Wildman–Crippen LogP) is 0.552. The van der Waals surface area contributed by atoms with Gasteiger partial charge in [0.25, 0.3) is 0 Å². The minimum absolute atomic E-state index is 0.577. The maximum atomic E-state index is 5.80. The fourth-order valence-electron chi connectivity index (χ4n) is 2.07. The largest absolute Gasteiger partial charge is 0.336 e. The van der Waals surface area contributed by atoms with Crippen LogP contribution >= 0.6 is 0 Å². The van der Waals surface area contributed by atoms with E-state index >= 15 is 0 Å². The Kier molecular flexibility index (Phi) is 3.38. The highest BCUT2D eigenvalue weighted by atomic mass is 15.2. The van der Waals surface area contributed by atoms with Crippen molar-refractivity contribution in [2.45, 2.75) is 25.4 Å². The summed E-state index contributed by atoms with van der Waals surface area (Å²) >= 11 is 0. The third kappa shape index (κ3) is 2.79. The van der Waals surface area contributed by atoms with Crippen molar-refractivity contribution in [1.29, 1.82) is 0 Å². The second-order valence-electron chi connectivity index (χ2n) is 4.42. The first-order valence-electron chi connectivity index (χ1n) is 5.67. The van der Waals surface area contributed by atoms with Crippen LogP contribution in [0.4, 0.5) is 0 Å². The molecule has 0 aromatic carbocycles. The van der Waals surface area contributed by atoms with Crippen LogP contribution in [-0.2, 0) is 6.54 Å². The lowest BCUT2D eigenvalue weighted by molar-refractivity contribution is 0.216. The molecular weight excluding hydrogens is 188 g/mol. The number of hydrogen-bond acceptors (Lipinski definition) is 3. The number of rotatable bonds is 6. The van der Waals surface area contributed by atoms with Crippen molar-refractivity contribution in [2.24, 2.45) is 11.7 Å². The Morgan fingerprint density at radius 1 is 1.60 bits per heavy atom. The SMILES string of the molecule is CN(CCn1ccnc1)C(CN)C1CC1. The van der Waals surface area contributed by atoms with E-state index in [-0.39, 0.29) is 0 Å². The fourth-order valence-corrected chi connectivity index (χ4v) is 2.07. The summed E-state index contributed by atoms with van der Waals surface area (Å²) in [6.45, 7) is 2.83.